The van der Waals surface area contributed by atoms with Gasteiger partial charge in [-0.2, -0.15) is 0 Å². The molecule has 0 spiro atoms. The third-order valence-corrected chi connectivity index (χ3v) is 5.22. The van der Waals surface area contributed by atoms with E-state index in [0.717, 1.165) is 0 Å². The van der Waals surface area contributed by atoms with Gasteiger partial charge in [-0.15, -0.1) is 10.2 Å². The summed E-state index contributed by atoms with van der Waals surface area (Å²) in [5.41, 5.74) is 0.549. The zero-order chi connectivity index (χ0) is 21.0. The first-order valence-electron chi connectivity index (χ1n) is 8.08. The highest BCUT2D eigenvalue weighted by atomic mass is 32.2. The maximum atomic E-state index is 12.1. The van der Waals surface area contributed by atoms with Crippen LogP contribution in [0, 0.1) is 10.1 Å². The SMILES string of the molecule is CNS(=O)(=O)c1ccc(C(=O)OCc2nnc(-c3ccc([N+](=O)[O-])cc3)o2)cc1. The number of carbonyl (C=O) groups excluding carboxylic acids is 1. The van der Waals surface area contributed by atoms with Crippen molar-refractivity contribution in [2.24, 2.45) is 0 Å². The number of rotatable bonds is 7. The highest BCUT2D eigenvalue weighted by molar-refractivity contribution is 7.89. The van der Waals surface area contributed by atoms with E-state index in [1.807, 2.05) is 0 Å². The molecule has 0 aliphatic carbocycles. The van der Waals surface area contributed by atoms with Crippen molar-refractivity contribution >= 4 is 21.7 Å². The number of nitrogens with zero attached hydrogens (tertiary/aromatic N) is 3. The fourth-order valence-corrected chi connectivity index (χ4v) is 2.98. The van der Waals surface area contributed by atoms with Crippen LogP contribution in [0.25, 0.3) is 11.5 Å². The average Bonchev–Trinajstić information content (AvgIpc) is 3.21. The van der Waals surface area contributed by atoms with Gasteiger partial charge in [-0.25, -0.2) is 17.9 Å². The van der Waals surface area contributed by atoms with E-state index in [-0.39, 0.29) is 34.5 Å². The van der Waals surface area contributed by atoms with Gasteiger partial charge in [0.05, 0.1) is 15.4 Å². The van der Waals surface area contributed by atoms with E-state index in [2.05, 4.69) is 14.9 Å². The summed E-state index contributed by atoms with van der Waals surface area (Å²) >= 11 is 0. The topological polar surface area (TPSA) is 155 Å². The molecule has 1 N–H and O–H groups in total. The molecule has 0 saturated carbocycles. The van der Waals surface area contributed by atoms with Crippen molar-refractivity contribution in [3.63, 3.8) is 0 Å². The predicted molar refractivity (Wildman–Crippen MR) is 98.2 cm³/mol. The second-order valence-electron chi connectivity index (χ2n) is 5.61. The minimum Gasteiger partial charge on any atom is -0.452 e. The Kier molecular flexibility index (Phi) is 5.66. The Morgan fingerprint density at radius 3 is 2.38 bits per heavy atom. The molecule has 1 heterocycles. The molecule has 3 aromatic rings. The first kappa shape index (κ1) is 20.1. The molecule has 12 heteroatoms. The third-order valence-electron chi connectivity index (χ3n) is 3.79. The van der Waals surface area contributed by atoms with Gasteiger partial charge in [-0.3, -0.25) is 10.1 Å². The molecule has 29 heavy (non-hydrogen) atoms. The van der Waals surface area contributed by atoms with Gasteiger partial charge in [0, 0.05) is 17.7 Å². The van der Waals surface area contributed by atoms with E-state index in [1.165, 1.54) is 55.6 Å². The summed E-state index contributed by atoms with van der Waals surface area (Å²) < 4.78 is 36.0. The quantitative estimate of drug-likeness (QED) is 0.344. The van der Waals surface area contributed by atoms with Crippen LogP contribution >= 0.6 is 0 Å². The van der Waals surface area contributed by atoms with Gasteiger partial charge in [0.15, 0.2) is 6.61 Å². The van der Waals surface area contributed by atoms with Crippen molar-refractivity contribution in [2.45, 2.75) is 11.5 Å². The van der Waals surface area contributed by atoms with Crippen LogP contribution in [0.15, 0.2) is 57.8 Å². The van der Waals surface area contributed by atoms with Crippen molar-refractivity contribution in [3.05, 3.63) is 70.1 Å². The maximum absolute atomic E-state index is 12.1. The van der Waals surface area contributed by atoms with Crippen LogP contribution in [0.4, 0.5) is 5.69 Å². The molecule has 0 atom stereocenters. The molecule has 0 amide bonds. The second kappa shape index (κ2) is 8.16. The Labute approximate surface area is 164 Å². The van der Waals surface area contributed by atoms with E-state index < -0.39 is 20.9 Å². The minimum atomic E-state index is -3.60. The predicted octanol–water partition coefficient (Wildman–Crippen LogP) is 1.91. The van der Waals surface area contributed by atoms with E-state index in [4.69, 9.17) is 9.15 Å². The van der Waals surface area contributed by atoms with Gasteiger partial charge >= 0.3 is 5.97 Å². The molecule has 2 aromatic carbocycles. The number of aromatic nitrogens is 2. The lowest BCUT2D eigenvalue weighted by Crippen LogP contribution is -2.18. The molecule has 3 rings (SSSR count). The highest BCUT2D eigenvalue weighted by Crippen LogP contribution is 2.21. The number of nitro benzene ring substituents is 1. The fourth-order valence-electron chi connectivity index (χ4n) is 2.25. The molecule has 150 valence electrons. The van der Waals surface area contributed by atoms with Crippen LogP contribution in [-0.2, 0) is 21.4 Å². The Morgan fingerprint density at radius 2 is 1.79 bits per heavy atom. The van der Waals surface area contributed by atoms with Crippen molar-refractivity contribution in [2.75, 3.05) is 7.05 Å². The molecule has 0 aliphatic rings. The normalized spacial score (nSPS) is 11.2. The molecule has 0 saturated heterocycles. The molecule has 0 bridgehead atoms. The van der Waals surface area contributed by atoms with E-state index >= 15 is 0 Å². The van der Waals surface area contributed by atoms with Gasteiger partial charge < -0.3 is 9.15 Å². The van der Waals surface area contributed by atoms with E-state index in [0.29, 0.717) is 5.56 Å². The lowest BCUT2D eigenvalue weighted by atomic mass is 10.2. The van der Waals surface area contributed by atoms with Gasteiger partial charge in [0.2, 0.25) is 15.9 Å². The van der Waals surface area contributed by atoms with Crippen LogP contribution in [0.1, 0.15) is 16.2 Å². The van der Waals surface area contributed by atoms with Crippen molar-refractivity contribution in [3.8, 4) is 11.5 Å². The smallest absolute Gasteiger partial charge is 0.338 e. The van der Waals surface area contributed by atoms with Gasteiger partial charge in [0.25, 0.3) is 11.6 Å². The summed E-state index contributed by atoms with van der Waals surface area (Å²) in [7, 11) is -2.32. The Morgan fingerprint density at radius 1 is 1.14 bits per heavy atom. The van der Waals surface area contributed by atoms with Gasteiger partial charge in [-0.05, 0) is 43.4 Å². The van der Waals surface area contributed by atoms with Crippen LogP contribution in [0.3, 0.4) is 0 Å². The second-order valence-corrected chi connectivity index (χ2v) is 7.50. The average molecular weight is 418 g/mol. The molecular weight excluding hydrogens is 404 g/mol. The molecule has 0 radical (unpaired) electrons. The number of hydrogen-bond acceptors (Lipinski definition) is 9. The number of benzene rings is 2. The number of hydrogen-bond donors (Lipinski definition) is 1. The number of non-ortho nitro benzene ring substituents is 1. The van der Waals surface area contributed by atoms with Crippen LogP contribution < -0.4 is 4.72 Å². The first-order valence-corrected chi connectivity index (χ1v) is 9.56. The lowest BCUT2D eigenvalue weighted by Gasteiger charge is -2.04. The summed E-state index contributed by atoms with van der Waals surface area (Å²) in [6, 6.07) is 10.7. The van der Waals surface area contributed by atoms with Crippen LogP contribution in [0.2, 0.25) is 0 Å². The summed E-state index contributed by atoms with van der Waals surface area (Å²) in [6.07, 6.45) is 0. The third kappa shape index (κ3) is 4.62. The molecule has 11 nitrogen and oxygen atoms in total. The van der Waals surface area contributed by atoms with Gasteiger partial charge in [0.1, 0.15) is 0 Å². The summed E-state index contributed by atoms with van der Waals surface area (Å²) in [4.78, 5) is 22.3. The zero-order valence-electron chi connectivity index (χ0n) is 14.9. The van der Waals surface area contributed by atoms with Crippen LogP contribution in [-0.4, -0.2) is 36.6 Å². The molecule has 1 aromatic heterocycles. The Balaban J connectivity index is 1.63. The minimum absolute atomic E-state index is 0.0150. The van der Waals surface area contributed by atoms with E-state index in [1.54, 1.807) is 0 Å². The van der Waals surface area contributed by atoms with Crippen molar-refractivity contribution in [1.29, 1.82) is 0 Å². The Hall–Kier alpha value is -3.64. The molecular formula is C17H14N4O7S. The standard InChI is InChI=1S/C17H14N4O7S/c1-18-29(25,26)14-8-4-12(5-9-14)17(22)27-10-15-19-20-16(28-15)11-2-6-13(7-3-11)21(23)24/h2-9,18H,10H2,1H3. The Bertz CT molecular complexity index is 1140. The maximum Gasteiger partial charge on any atom is 0.338 e. The number of ether oxygens (including phenoxy) is 1. The van der Waals surface area contributed by atoms with Gasteiger partial charge in [-0.1, -0.05) is 0 Å². The van der Waals surface area contributed by atoms with Crippen LogP contribution in [0.5, 0.6) is 0 Å². The highest BCUT2D eigenvalue weighted by Gasteiger charge is 2.15. The number of sulfonamides is 1. The largest absolute Gasteiger partial charge is 0.452 e. The number of nitrogens with one attached hydrogen (secondary N) is 1. The zero-order valence-corrected chi connectivity index (χ0v) is 15.8. The number of carbonyl (C=O) groups is 1. The van der Waals surface area contributed by atoms with Crippen molar-refractivity contribution in [1.82, 2.24) is 14.9 Å². The van der Waals surface area contributed by atoms with Crippen molar-refractivity contribution < 1.29 is 27.3 Å². The summed E-state index contributed by atoms with van der Waals surface area (Å²) in [5.74, 6) is -0.554. The fraction of sp³-hybridized carbons (Fsp3) is 0.118. The number of nitro groups is 1. The first-order chi connectivity index (χ1) is 13.8. The number of esters is 1. The summed E-state index contributed by atoms with van der Waals surface area (Å²) in [6.45, 7) is -0.296. The van der Waals surface area contributed by atoms with E-state index in [9.17, 15) is 23.3 Å². The summed E-state index contributed by atoms with van der Waals surface area (Å²) in [5, 5.41) is 18.2. The molecule has 0 fully saturated rings. The monoisotopic (exact) mass is 418 g/mol. The molecule has 0 aliphatic heterocycles. The molecule has 0 unspecified atom stereocenters. The lowest BCUT2D eigenvalue weighted by molar-refractivity contribution is -0.384.